The lowest BCUT2D eigenvalue weighted by Crippen LogP contribution is -2.20. The van der Waals surface area contributed by atoms with Gasteiger partial charge in [-0.1, -0.05) is 12.1 Å². The maximum absolute atomic E-state index is 15.1. The van der Waals surface area contributed by atoms with Crippen LogP contribution in [-0.2, 0) is 12.1 Å². The lowest BCUT2D eigenvalue weighted by Gasteiger charge is -2.17. The van der Waals surface area contributed by atoms with Gasteiger partial charge in [0, 0.05) is 12.4 Å². The van der Waals surface area contributed by atoms with Crippen LogP contribution in [-0.4, -0.2) is 29.5 Å². The van der Waals surface area contributed by atoms with Gasteiger partial charge in [0.15, 0.2) is 17.3 Å². The minimum absolute atomic E-state index is 0.179. The molecule has 0 aliphatic heterocycles. The molecule has 0 radical (unpaired) electrons. The molecule has 4 aromatic heterocycles. The summed E-state index contributed by atoms with van der Waals surface area (Å²) in [6.07, 6.45) is -2.05. The van der Waals surface area contributed by atoms with Crippen molar-refractivity contribution in [2.75, 3.05) is 0 Å². The van der Waals surface area contributed by atoms with Crippen molar-refractivity contribution in [3.8, 4) is 11.6 Å². The van der Waals surface area contributed by atoms with Crippen molar-refractivity contribution in [1.29, 1.82) is 0 Å². The Morgan fingerprint density at radius 3 is 1.67 bits per heavy atom. The van der Waals surface area contributed by atoms with Crippen LogP contribution in [0.5, 0.6) is 0 Å². The minimum Gasteiger partial charge on any atom is -0.227 e. The normalized spacial score (nSPS) is 12.3. The van der Waals surface area contributed by atoms with Crippen LogP contribution in [0, 0.1) is 6.92 Å². The molecule has 0 saturated carbocycles. The van der Waals surface area contributed by atoms with Crippen LogP contribution in [0.25, 0.3) is 11.6 Å². The van der Waals surface area contributed by atoms with E-state index in [1.807, 2.05) is 0 Å². The van der Waals surface area contributed by atoms with Gasteiger partial charge < -0.3 is 0 Å². The highest BCUT2D eigenvalue weighted by atomic mass is 19.4. The number of hydrogen-bond acceptors (Lipinski definition) is 4. The topological polar surface area (TPSA) is 61.4 Å². The number of rotatable bonds is 4. The minimum atomic E-state index is -4.65. The van der Waals surface area contributed by atoms with Gasteiger partial charge in [-0.3, -0.25) is 0 Å². The lowest BCUT2D eigenvalue weighted by atomic mass is 10.1. The number of nitrogens with zero attached hydrogens (tertiary/aromatic N) is 6. The van der Waals surface area contributed by atoms with Crippen molar-refractivity contribution >= 4 is 0 Å². The highest BCUT2D eigenvalue weighted by molar-refractivity contribution is 5.33. The van der Waals surface area contributed by atoms with E-state index in [-0.39, 0.29) is 11.6 Å². The van der Waals surface area contributed by atoms with Crippen LogP contribution in [0.1, 0.15) is 22.8 Å². The standard InChI is InChI=1S/C19H13F5N6/c1-12-8-10-29(27-12)16-6-2-4-13(25-16)18(20,21)14-5-3-7-17(26-14)30-11-9-15(28-30)19(22,23)24/h2-11H,1H3. The Hall–Kier alpha value is -3.63. The van der Waals surface area contributed by atoms with Crippen LogP contribution >= 0.6 is 0 Å². The summed E-state index contributed by atoms with van der Waals surface area (Å²) in [5.41, 5.74) is -1.70. The summed E-state index contributed by atoms with van der Waals surface area (Å²) < 4.78 is 70.6. The third-order valence-corrected chi connectivity index (χ3v) is 4.18. The van der Waals surface area contributed by atoms with Crippen molar-refractivity contribution in [2.45, 2.75) is 19.0 Å². The first-order valence-corrected chi connectivity index (χ1v) is 8.63. The van der Waals surface area contributed by atoms with E-state index in [2.05, 4.69) is 20.2 Å². The number of pyridine rings is 2. The third kappa shape index (κ3) is 3.65. The fourth-order valence-corrected chi connectivity index (χ4v) is 2.73. The number of aryl methyl sites for hydroxylation is 1. The fourth-order valence-electron chi connectivity index (χ4n) is 2.73. The number of alkyl halides is 5. The van der Waals surface area contributed by atoms with Crippen LogP contribution in [0.3, 0.4) is 0 Å². The molecule has 154 valence electrons. The molecule has 0 spiro atoms. The van der Waals surface area contributed by atoms with Crippen molar-refractivity contribution in [1.82, 2.24) is 29.5 Å². The van der Waals surface area contributed by atoms with E-state index < -0.39 is 29.2 Å². The first kappa shape index (κ1) is 19.7. The lowest BCUT2D eigenvalue weighted by molar-refractivity contribution is -0.141. The van der Waals surface area contributed by atoms with E-state index in [4.69, 9.17) is 0 Å². The van der Waals surface area contributed by atoms with Gasteiger partial charge in [-0.05, 0) is 43.3 Å². The van der Waals surface area contributed by atoms with Gasteiger partial charge in [0.25, 0.3) is 0 Å². The first-order chi connectivity index (χ1) is 14.1. The van der Waals surface area contributed by atoms with Crippen LogP contribution in [0.2, 0.25) is 0 Å². The van der Waals surface area contributed by atoms with Crippen LogP contribution in [0.15, 0.2) is 60.9 Å². The molecule has 4 heterocycles. The molecular weight excluding hydrogens is 407 g/mol. The molecule has 0 amide bonds. The Morgan fingerprint density at radius 2 is 1.20 bits per heavy atom. The summed E-state index contributed by atoms with van der Waals surface area (Å²) in [7, 11) is 0. The van der Waals surface area contributed by atoms with E-state index >= 15 is 8.78 Å². The molecule has 0 aromatic carbocycles. The zero-order valence-corrected chi connectivity index (χ0v) is 15.3. The molecule has 0 fully saturated rings. The van der Waals surface area contributed by atoms with E-state index in [1.165, 1.54) is 28.9 Å². The molecule has 0 aliphatic rings. The number of aromatic nitrogens is 6. The van der Waals surface area contributed by atoms with Gasteiger partial charge in [0.1, 0.15) is 11.4 Å². The molecule has 0 unspecified atom stereocenters. The van der Waals surface area contributed by atoms with E-state index in [0.717, 1.165) is 29.1 Å². The molecule has 0 atom stereocenters. The molecule has 4 rings (SSSR count). The molecule has 0 N–H and O–H groups in total. The third-order valence-electron chi connectivity index (χ3n) is 4.18. The second-order valence-corrected chi connectivity index (χ2v) is 6.38. The summed E-state index contributed by atoms with van der Waals surface area (Å²) >= 11 is 0. The zero-order chi connectivity index (χ0) is 21.5. The van der Waals surface area contributed by atoms with Gasteiger partial charge in [-0.2, -0.15) is 32.1 Å². The van der Waals surface area contributed by atoms with Crippen molar-refractivity contribution in [3.05, 3.63) is 83.7 Å². The molecule has 30 heavy (non-hydrogen) atoms. The van der Waals surface area contributed by atoms with Crippen molar-refractivity contribution in [2.24, 2.45) is 0 Å². The summed E-state index contributed by atoms with van der Waals surface area (Å²) in [5.74, 6) is -3.59. The predicted molar refractivity (Wildman–Crippen MR) is 95.5 cm³/mol. The largest absolute Gasteiger partial charge is 0.435 e. The van der Waals surface area contributed by atoms with Crippen LogP contribution in [0.4, 0.5) is 22.0 Å². The zero-order valence-electron chi connectivity index (χ0n) is 15.3. The fraction of sp³-hybridized carbons (Fsp3) is 0.158. The summed E-state index contributed by atoms with van der Waals surface area (Å²) in [4.78, 5) is 7.80. The number of hydrogen-bond donors (Lipinski definition) is 0. The Kier molecular flexibility index (Phi) is 4.60. The van der Waals surface area contributed by atoms with E-state index in [9.17, 15) is 13.2 Å². The molecule has 0 saturated heterocycles. The molecule has 0 aliphatic carbocycles. The van der Waals surface area contributed by atoms with Gasteiger partial charge in [0.05, 0.1) is 5.69 Å². The monoisotopic (exact) mass is 420 g/mol. The molecule has 11 heteroatoms. The second kappa shape index (κ2) is 7.01. The molecular formula is C19H13F5N6. The Balaban J connectivity index is 1.70. The second-order valence-electron chi connectivity index (χ2n) is 6.38. The smallest absolute Gasteiger partial charge is 0.227 e. The van der Waals surface area contributed by atoms with E-state index in [1.54, 1.807) is 19.2 Å². The van der Waals surface area contributed by atoms with E-state index in [0.29, 0.717) is 5.69 Å². The van der Waals surface area contributed by atoms with Crippen molar-refractivity contribution in [3.63, 3.8) is 0 Å². The average Bonchev–Trinajstić information content (AvgIpc) is 3.37. The maximum atomic E-state index is 15.1. The van der Waals surface area contributed by atoms with Gasteiger partial charge in [-0.25, -0.2) is 19.3 Å². The average molecular weight is 420 g/mol. The summed E-state index contributed by atoms with van der Waals surface area (Å²) in [6.45, 7) is 1.75. The maximum Gasteiger partial charge on any atom is 0.435 e. The quantitative estimate of drug-likeness (QED) is 0.462. The van der Waals surface area contributed by atoms with Crippen molar-refractivity contribution < 1.29 is 22.0 Å². The Labute approximate surface area is 166 Å². The Bertz CT molecular complexity index is 1190. The Morgan fingerprint density at radius 1 is 0.667 bits per heavy atom. The van der Waals surface area contributed by atoms with Crippen LogP contribution < -0.4 is 0 Å². The predicted octanol–water partition coefficient (Wildman–Crippen LogP) is 4.32. The van der Waals surface area contributed by atoms with Gasteiger partial charge in [0.2, 0.25) is 0 Å². The number of halogens is 5. The molecule has 0 bridgehead atoms. The highest BCUT2D eigenvalue weighted by Crippen LogP contribution is 2.34. The molecule has 4 aromatic rings. The summed E-state index contributed by atoms with van der Waals surface area (Å²) in [6, 6.07) is 10.1. The SMILES string of the molecule is Cc1ccn(-c2cccc(C(F)(F)c3cccc(-n4ccc(C(F)(F)F)n4)n3)n2)n1. The summed E-state index contributed by atoms with van der Waals surface area (Å²) in [5, 5.41) is 7.50. The van der Waals surface area contributed by atoms with Gasteiger partial charge in [-0.15, -0.1) is 0 Å². The molecule has 6 nitrogen and oxygen atoms in total. The highest BCUT2D eigenvalue weighted by Gasteiger charge is 2.38. The first-order valence-electron chi connectivity index (χ1n) is 8.63. The van der Waals surface area contributed by atoms with Gasteiger partial charge >= 0.3 is 12.1 Å².